The molecule has 2 heterocycles. The van der Waals surface area contributed by atoms with Gasteiger partial charge in [0.15, 0.2) is 0 Å². The van der Waals surface area contributed by atoms with E-state index < -0.39 is 0 Å². The molecule has 3 atom stereocenters. The lowest BCUT2D eigenvalue weighted by Crippen LogP contribution is -2.72. The molecule has 0 spiro atoms. The fourth-order valence-electron chi connectivity index (χ4n) is 3.72. The van der Waals surface area contributed by atoms with Crippen LogP contribution < -0.4 is 15.0 Å². The molecule has 0 saturated carbocycles. The van der Waals surface area contributed by atoms with Crippen LogP contribution in [0.15, 0.2) is 42.6 Å². The molecule has 2 aliphatic rings. The van der Waals surface area contributed by atoms with Gasteiger partial charge in [-0.1, -0.05) is 26.0 Å². The van der Waals surface area contributed by atoms with Crippen molar-refractivity contribution in [2.24, 2.45) is 11.8 Å². The number of benzene rings is 1. The van der Waals surface area contributed by atoms with E-state index in [2.05, 4.69) is 82.1 Å². The first-order chi connectivity index (χ1) is 12.6. The number of ether oxygens (including phenoxy) is 1. The molecule has 26 heavy (non-hydrogen) atoms. The molecular formula is C21H23IN3O+. The largest absolute Gasteiger partial charge is 0.469 e. The molecule has 4 rings (SSSR count). The lowest BCUT2D eigenvalue weighted by molar-refractivity contribution is -0.442. The van der Waals surface area contributed by atoms with Gasteiger partial charge in [-0.3, -0.25) is 4.99 Å². The number of hydrogen-bond acceptors (Lipinski definition) is 3. The van der Waals surface area contributed by atoms with Crippen LogP contribution in [0.4, 0.5) is 0 Å². The molecule has 1 aromatic heterocycles. The summed E-state index contributed by atoms with van der Waals surface area (Å²) in [4.78, 5) is 7.71. The highest BCUT2D eigenvalue weighted by atomic mass is 127. The molecule has 0 bridgehead atoms. The van der Waals surface area contributed by atoms with E-state index in [1.807, 2.05) is 12.4 Å². The maximum absolute atomic E-state index is 6.57. The fourth-order valence-corrected chi connectivity index (χ4v) is 4.46. The van der Waals surface area contributed by atoms with Crippen molar-refractivity contribution in [2.45, 2.75) is 26.4 Å². The van der Waals surface area contributed by atoms with Crippen LogP contribution in [-0.2, 0) is 6.42 Å². The molecule has 1 aromatic carbocycles. The van der Waals surface area contributed by atoms with Crippen molar-refractivity contribution in [3.05, 3.63) is 62.9 Å². The summed E-state index contributed by atoms with van der Waals surface area (Å²) in [7, 11) is 0. The van der Waals surface area contributed by atoms with E-state index in [1.54, 1.807) is 6.20 Å². The lowest BCUT2D eigenvalue weighted by Gasteiger charge is -2.36. The van der Waals surface area contributed by atoms with Crippen LogP contribution in [-0.4, -0.2) is 17.9 Å². The van der Waals surface area contributed by atoms with Crippen molar-refractivity contribution in [2.75, 3.05) is 6.54 Å². The van der Waals surface area contributed by atoms with Gasteiger partial charge in [0, 0.05) is 21.8 Å². The van der Waals surface area contributed by atoms with E-state index in [-0.39, 0.29) is 6.10 Å². The van der Waals surface area contributed by atoms with E-state index in [4.69, 9.17) is 4.74 Å². The summed E-state index contributed by atoms with van der Waals surface area (Å²) in [5, 5.41) is 3.27. The molecule has 0 fully saturated rings. The maximum atomic E-state index is 6.57. The van der Waals surface area contributed by atoms with Gasteiger partial charge in [-0.05, 0) is 64.3 Å². The zero-order chi connectivity index (χ0) is 18.1. The molecule has 0 saturated heterocycles. The third-order valence-electron chi connectivity index (χ3n) is 5.42. The summed E-state index contributed by atoms with van der Waals surface area (Å²) in [6, 6.07) is 10.5. The Morgan fingerprint density at radius 3 is 2.92 bits per heavy atom. The zero-order valence-electron chi connectivity index (χ0n) is 15.0. The van der Waals surface area contributed by atoms with Gasteiger partial charge in [0.1, 0.15) is 18.3 Å². The van der Waals surface area contributed by atoms with Crippen LogP contribution in [0.1, 0.15) is 36.6 Å². The van der Waals surface area contributed by atoms with Gasteiger partial charge in [-0.15, -0.1) is 0 Å². The Kier molecular flexibility index (Phi) is 4.98. The number of pyridine rings is 1. The Hall–Kier alpha value is -1.89. The second kappa shape index (κ2) is 7.39. The van der Waals surface area contributed by atoms with E-state index in [0.717, 1.165) is 24.2 Å². The highest BCUT2D eigenvalue weighted by Gasteiger charge is 2.35. The first-order valence-corrected chi connectivity index (χ1v) is 10.1. The van der Waals surface area contributed by atoms with Crippen molar-refractivity contribution < 1.29 is 9.73 Å². The molecule has 0 unspecified atom stereocenters. The van der Waals surface area contributed by atoms with Crippen molar-refractivity contribution in [3.8, 4) is 5.88 Å². The van der Waals surface area contributed by atoms with Gasteiger partial charge in [0.2, 0.25) is 12.2 Å². The van der Waals surface area contributed by atoms with Crippen LogP contribution >= 0.6 is 22.6 Å². The number of halogens is 1. The Bertz CT molecular complexity index is 877. The minimum Gasteiger partial charge on any atom is -0.469 e. The highest BCUT2D eigenvalue weighted by Crippen LogP contribution is 2.42. The summed E-state index contributed by atoms with van der Waals surface area (Å²) in [5.41, 5.74) is 4.76. The molecule has 5 heteroatoms. The summed E-state index contributed by atoms with van der Waals surface area (Å²) in [5.74, 6) is 1.69. The van der Waals surface area contributed by atoms with E-state index in [1.165, 1.54) is 14.7 Å². The van der Waals surface area contributed by atoms with Crippen molar-refractivity contribution >= 4 is 34.6 Å². The van der Waals surface area contributed by atoms with E-state index in [9.17, 15) is 0 Å². The topological polar surface area (TPSA) is 48.1 Å². The molecule has 2 aromatic rings. The maximum Gasteiger partial charge on any atom is 0.235 e. The molecule has 2 N–H and O–H groups in total. The molecular weight excluding hydrogens is 437 g/mol. The van der Waals surface area contributed by atoms with Crippen LogP contribution in [0.5, 0.6) is 5.88 Å². The smallest absolute Gasteiger partial charge is 0.235 e. The van der Waals surface area contributed by atoms with Gasteiger partial charge in [0.05, 0.1) is 5.56 Å². The summed E-state index contributed by atoms with van der Waals surface area (Å²) >= 11 is 2.44. The van der Waals surface area contributed by atoms with Gasteiger partial charge in [-0.2, -0.15) is 0 Å². The highest BCUT2D eigenvalue weighted by molar-refractivity contribution is 14.1. The van der Waals surface area contributed by atoms with Gasteiger partial charge in [-0.25, -0.2) is 10.3 Å². The average molecular weight is 460 g/mol. The normalized spacial score (nSPS) is 24.4. The van der Waals surface area contributed by atoms with E-state index >= 15 is 0 Å². The van der Waals surface area contributed by atoms with E-state index in [0.29, 0.717) is 17.7 Å². The van der Waals surface area contributed by atoms with Gasteiger partial charge < -0.3 is 4.74 Å². The third kappa shape index (κ3) is 3.24. The number of aromatic nitrogens is 1. The molecule has 134 valence electrons. The molecule has 0 amide bonds. The Labute approximate surface area is 167 Å². The zero-order valence-corrected chi connectivity index (χ0v) is 17.2. The standard InChI is InChI=1S/C21H22IN3O/c1-13-11-17-15(5-3-7-18(17)22)20(14(13)2)26-21-16(6-4-9-24-21)19-8-10-23-12-25-19/h3-9,12-14,20H,10-11H2,1-2H3,(H,23,25)/p+1/t13-,14-,20-/m1/s1. The first-order valence-electron chi connectivity index (χ1n) is 9.06. The minimum atomic E-state index is 0.0170. The number of hydrogen-bond donors (Lipinski definition) is 2. The molecule has 4 nitrogen and oxygen atoms in total. The predicted octanol–water partition coefficient (Wildman–Crippen LogP) is 2.69. The van der Waals surface area contributed by atoms with Crippen molar-refractivity contribution in [3.63, 3.8) is 0 Å². The predicted molar refractivity (Wildman–Crippen MR) is 112 cm³/mol. The second-order valence-electron chi connectivity index (χ2n) is 7.06. The Balaban J connectivity index is 1.72. The van der Waals surface area contributed by atoms with Crippen molar-refractivity contribution in [1.82, 2.24) is 10.3 Å². The lowest BCUT2D eigenvalue weighted by atomic mass is 9.75. The van der Waals surface area contributed by atoms with Crippen LogP contribution in [0.2, 0.25) is 0 Å². The number of nitrogens with one attached hydrogen (secondary N) is 2. The van der Waals surface area contributed by atoms with Crippen LogP contribution in [0.25, 0.3) is 5.70 Å². The number of nitrogens with zero attached hydrogens (tertiary/aromatic N) is 1. The SMILES string of the molecule is C[C@@H]1[C@H](C)Cc2c(I)cccc2[C@@H]1Oc1ncccc1C1=CC[NH+]=CN1. The molecule has 1 aliphatic carbocycles. The van der Waals surface area contributed by atoms with Crippen molar-refractivity contribution in [1.29, 1.82) is 0 Å². The van der Waals surface area contributed by atoms with Crippen LogP contribution in [0.3, 0.4) is 0 Å². The minimum absolute atomic E-state index is 0.0170. The van der Waals surface area contributed by atoms with Gasteiger partial charge >= 0.3 is 0 Å². The second-order valence-corrected chi connectivity index (χ2v) is 8.22. The summed E-state index contributed by atoms with van der Waals surface area (Å²) in [6.45, 7) is 5.41. The number of rotatable bonds is 3. The molecule has 0 radical (unpaired) electrons. The van der Waals surface area contributed by atoms with Crippen LogP contribution in [0, 0.1) is 15.4 Å². The summed E-state index contributed by atoms with van der Waals surface area (Å²) in [6.07, 6.45) is 6.90. The third-order valence-corrected chi connectivity index (χ3v) is 6.43. The Morgan fingerprint density at radius 2 is 2.12 bits per heavy atom. The molecule has 1 aliphatic heterocycles. The quantitative estimate of drug-likeness (QED) is 0.693. The monoisotopic (exact) mass is 460 g/mol. The first kappa shape index (κ1) is 17.5. The number of fused-ring (bicyclic) bond motifs is 1. The average Bonchev–Trinajstić information content (AvgIpc) is 2.67. The summed E-state index contributed by atoms with van der Waals surface area (Å²) < 4.78 is 7.90. The Morgan fingerprint density at radius 1 is 1.23 bits per heavy atom. The fraction of sp³-hybridized carbons (Fsp3) is 0.333. The van der Waals surface area contributed by atoms with Gasteiger partial charge in [0.25, 0.3) is 0 Å².